The van der Waals surface area contributed by atoms with Crippen LogP contribution in [0.4, 0.5) is 0 Å². The van der Waals surface area contributed by atoms with E-state index >= 15 is 0 Å². The van der Waals surface area contributed by atoms with E-state index < -0.39 is 0 Å². The van der Waals surface area contributed by atoms with Crippen molar-refractivity contribution >= 4 is 0 Å². The maximum absolute atomic E-state index is 6.22. The number of nitrogens with one attached hydrogen (secondary N) is 2. The molecule has 0 aromatic carbocycles. The number of morpholine rings is 1. The molecule has 2 N–H and O–H groups in total. The molecule has 2 fully saturated rings. The Balaban J connectivity index is 1.95. The van der Waals surface area contributed by atoms with Crippen LogP contribution in [0.3, 0.4) is 0 Å². The first kappa shape index (κ1) is 14.3. The molecule has 2 rings (SSSR count). The topological polar surface area (TPSA) is 33.3 Å². The van der Waals surface area contributed by atoms with Crippen molar-refractivity contribution in [3.05, 3.63) is 0 Å². The molecule has 2 aliphatic rings. The monoisotopic (exact) mass is 254 g/mol. The highest BCUT2D eigenvalue weighted by atomic mass is 16.5. The van der Waals surface area contributed by atoms with E-state index in [-0.39, 0.29) is 5.60 Å². The van der Waals surface area contributed by atoms with Crippen molar-refractivity contribution in [1.29, 1.82) is 0 Å². The fourth-order valence-electron chi connectivity index (χ4n) is 3.19. The molecule has 2 saturated heterocycles. The van der Waals surface area contributed by atoms with E-state index in [1.165, 1.54) is 19.3 Å². The Labute approximate surface area is 112 Å². The molecule has 106 valence electrons. The quantitative estimate of drug-likeness (QED) is 0.808. The van der Waals surface area contributed by atoms with E-state index in [0.29, 0.717) is 11.5 Å². The fourth-order valence-corrected chi connectivity index (χ4v) is 3.19. The van der Waals surface area contributed by atoms with E-state index in [4.69, 9.17) is 4.74 Å². The molecule has 1 unspecified atom stereocenters. The Hall–Kier alpha value is -0.120. The third kappa shape index (κ3) is 3.25. The Kier molecular flexibility index (Phi) is 4.68. The minimum Gasteiger partial charge on any atom is -0.372 e. The first-order valence-electron chi connectivity index (χ1n) is 7.66. The summed E-state index contributed by atoms with van der Waals surface area (Å²) in [5.74, 6) is 0. The van der Waals surface area contributed by atoms with Gasteiger partial charge in [-0.15, -0.1) is 0 Å². The van der Waals surface area contributed by atoms with Crippen LogP contribution in [-0.2, 0) is 4.74 Å². The largest absolute Gasteiger partial charge is 0.372 e. The summed E-state index contributed by atoms with van der Waals surface area (Å²) in [6, 6.07) is 0.555. The van der Waals surface area contributed by atoms with Gasteiger partial charge in [0.1, 0.15) is 0 Å². The van der Waals surface area contributed by atoms with Gasteiger partial charge in [0, 0.05) is 12.6 Å². The van der Waals surface area contributed by atoms with Gasteiger partial charge in [0.25, 0.3) is 0 Å². The van der Waals surface area contributed by atoms with Crippen molar-refractivity contribution in [1.82, 2.24) is 10.6 Å². The molecule has 2 aliphatic heterocycles. The highest BCUT2D eigenvalue weighted by molar-refractivity contribution is 4.99. The molecular weight excluding hydrogens is 224 g/mol. The van der Waals surface area contributed by atoms with Gasteiger partial charge in [-0.25, -0.2) is 0 Å². The van der Waals surface area contributed by atoms with Gasteiger partial charge in [-0.3, -0.25) is 0 Å². The predicted octanol–water partition coefficient (Wildman–Crippen LogP) is 2.31. The Morgan fingerprint density at radius 2 is 1.94 bits per heavy atom. The molecule has 1 atom stereocenters. The summed E-state index contributed by atoms with van der Waals surface area (Å²) < 4.78 is 6.22. The van der Waals surface area contributed by atoms with Gasteiger partial charge in [-0.1, -0.05) is 27.2 Å². The molecule has 0 radical (unpaired) electrons. The van der Waals surface area contributed by atoms with Crippen LogP contribution in [-0.4, -0.2) is 37.9 Å². The Morgan fingerprint density at radius 3 is 2.61 bits per heavy atom. The number of hydrogen-bond acceptors (Lipinski definition) is 3. The molecule has 0 bridgehead atoms. The van der Waals surface area contributed by atoms with Crippen LogP contribution in [0.1, 0.15) is 52.9 Å². The predicted molar refractivity (Wildman–Crippen MR) is 75.9 cm³/mol. The highest BCUT2D eigenvalue weighted by Gasteiger charge is 2.42. The summed E-state index contributed by atoms with van der Waals surface area (Å²) in [6.07, 6.45) is 6.13. The molecular formula is C15H30N2O. The summed E-state index contributed by atoms with van der Waals surface area (Å²) in [6.45, 7) is 11.2. The van der Waals surface area contributed by atoms with Crippen molar-refractivity contribution < 1.29 is 4.74 Å². The second-order valence-electron chi connectivity index (χ2n) is 6.73. The van der Waals surface area contributed by atoms with Crippen molar-refractivity contribution in [3.8, 4) is 0 Å². The second kappa shape index (κ2) is 5.89. The third-order valence-corrected chi connectivity index (χ3v) is 5.03. The average Bonchev–Trinajstić information content (AvgIpc) is 2.39. The number of rotatable bonds is 4. The molecule has 3 heteroatoms. The van der Waals surface area contributed by atoms with Crippen LogP contribution in [0.15, 0.2) is 0 Å². The van der Waals surface area contributed by atoms with Crippen LogP contribution >= 0.6 is 0 Å². The maximum Gasteiger partial charge on any atom is 0.0859 e. The lowest BCUT2D eigenvalue weighted by Crippen LogP contribution is -2.61. The van der Waals surface area contributed by atoms with E-state index in [1.807, 2.05) is 0 Å². The highest BCUT2D eigenvalue weighted by Crippen LogP contribution is 2.35. The van der Waals surface area contributed by atoms with Gasteiger partial charge < -0.3 is 15.4 Å². The lowest BCUT2D eigenvalue weighted by molar-refractivity contribution is -0.116. The summed E-state index contributed by atoms with van der Waals surface area (Å²) in [4.78, 5) is 0. The summed E-state index contributed by atoms with van der Waals surface area (Å²) in [7, 11) is 0. The van der Waals surface area contributed by atoms with E-state index in [0.717, 1.165) is 39.1 Å². The summed E-state index contributed by atoms with van der Waals surface area (Å²) in [5, 5.41) is 7.18. The van der Waals surface area contributed by atoms with E-state index in [2.05, 4.69) is 31.4 Å². The van der Waals surface area contributed by atoms with Gasteiger partial charge in [0.2, 0.25) is 0 Å². The van der Waals surface area contributed by atoms with Crippen LogP contribution in [0.2, 0.25) is 0 Å². The first-order chi connectivity index (χ1) is 8.58. The number of piperidine rings is 1. The van der Waals surface area contributed by atoms with Crippen molar-refractivity contribution in [2.45, 2.75) is 64.5 Å². The lowest BCUT2D eigenvalue weighted by atomic mass is 9.77. The lowest BCUT2D eigenvalue weighted by Gasteiger charge is -2.47. The smallest absolute Gasteiger partial charge is 0.0859 e. The standard InChI is InChI=1S/C15H30N2O/c1-4-14(2,3)6-5-13-15(18-12-11-17-13)7-9-16-10-8-15/h13,16-17H,4-12H2,1-3H3. The van der Waals surface area contributed by atoms with Gasteiger partial charge in [-0.05, 0) is 44.2 Å². The van der Waals surface area contributed by atoms with Crippen molar-refractivity contribution in [3.63, 3.8) is 0 Å². The fraction of sp³-hybridized carbons (Fsp3) is 1.00. The zero-order valence-corrected chi connectivity index (χ0v) is 12.3. The van der Waals surface area contributed by atoms with E-state index in [1.54, 1.807) is 0 Å². The molecule has 0 aliphatic carbocycles. The molecule has 0 aromatic heterocycles. The summed E-state index contributed by atoms with van der Waals surface area (Å²) >= 11 is 0. The Bertz CT molecular complexity index is 251. The normalized spacial score (nSPS) is 28.5. The van der Waals surface area contributed by atoms with Gasteiger partial charge in [0.15, 0.2) is 0 Å². The first-order valence-corrected chi connectivity index (χ1v) is 7.66. The third-order valence-electron chi connectivity index (χ3n) is 5.03. The number of ether oxygens (including phenoxy) is 1. The molecule has 3 nitrogen and oxygen atoms in total. The molecule has 18 heavy (non-hydrogen) atoms. The van der Waals surface area contributed by atoms with Crippen LogP contribution in [0.5, 0.6) is 0 Å². The number of hydrogen-bond donors (Lipinski definition) is 2. The molecule has 0 saturated carbocycles. The van der Waals surface area contributed by atoms with Gasteiger partial charge in [-0.2, -0.15) is 0 Å². The van der Waals surface area contributed by atoms with Crippen molar-refractivity contribution in [2.75, 3.05) is 26.2 Å². The summed E-state index contributed by atoms with van der Waals surface area (Å²) in [5.41, 5.74) is 0.584. The van der Waals surface area contributed by atoms with Crippen LogP contribution < -0.4 is 10.6 Å². The molecule has 1 spiro atoms. The minimum atomic E-state index is 0.118. The zero-order chi connectivity index (χ0) is 13.1. The van der Waals surface area contributed by atoms with Crippen molar-refractivity contribution in [2.24, 2.45) is 5.41 Å². The minimum absolute atomic E-state index is 0.118. The molecule has 2 heterocycles. The van der Waals surface area contributed by atoms with E-state index in [9.17, 15) is 0 Å². The zero-order valence-electron chi connectivity index (χ0n) is 12.3. The average molecular weight is 254 g/mol. The SMILES string of the molecule is CCC(C)(C)CCC1NCCOC12CCNCC2. The van der Waals surface area contributed by atoms with Gasteiger partial charge in [0.05, 0.1) is 12.2 Å². The second-order valence-corrected chi connectivity index (χ2v) is 6.73. The maximum atomic E-state index is 6.22. The molecule has 0 aromatic rings. The Morgan fingerprint density at radius 1 is 1.22 bits per heavy atom. The van der Waals surface area contributed by atoms with Crippen LogP contribution in [0, 0.1) is 5.41 Å². The molecule has 0 amide bonds. The van der Waals surface area contributed by atoms with Gasteiger partial charge >= 0.3 is 0 Å². The van der Waals surface area contributed by atoms with Crippen LogP contribution in [0.25, 0.3) is 0 Å².